The lowest BCUT2D eigenvalue weighted by molar-refractivity contribution is -0.146. The third kappa shape index (κ3) is 3.16. The zero-order valence-electron chi connectivity index (χ0n) is 14.3. The van der Waals surface area contributed by atoms with Gasteiger partial charge in [0.25, 0.3) is 5.91 Å². The number of aliphatic carboxylic acids is 1. The minimum Gasteiger partial charge on any atom is -0.481 e. The van der Waals surface area contributed by atoms with Crippen molar-refractivity contribution in [1.82, 2.24) is 5.32 Å². The van der Waals surface area contributed by atoms with E-state index in [1.807, 2.05) is 26.0 Å². The molecule has 0 unspecified atom stereocenters. The van der Waals surface area contributed by atoms with Gasteiger partial charge in [0.05, 0.1) is 11.8 Å². The van der Waals surface area contributed by atoms with E-state index in [1.165, 1.54) is 0 Å². The highest BCUT2D eigenvalue weighted by Crippen LogP contribution is 2.48. The number of hydrogen-bond donors (Lipinski definition) is 3. The minimum absolute atomic E-state index is 0.0130. The molecule has 6 nitrogen and oxygen atoms in total. The fraction of sp³-hybridized carbons (Fsp3) is 0.421. The van der Waals surface area contributed by atoms with Gasteiger partial charge in [0, 0.05) is 17.8 Å². The van der Waals surface area contributed by atoms with E-state index < -0.39 is 17.8 Å². The second-order valence-corrected chi connectivity index (χ2v) is 6.72. The maximum atomic E-state index is 12.7. The number of allylic oxidation sites excluding steroid dienone is 2. The summed E-state index contributed by atoms with van der Waals surface area (Å²) in [7, 11) is 0. The van der Waals surface area contributed by atoms with E-state index in [-0.39, 0.29) is 23.7 Å². The molecule has 4 atom stereocenters. The van der Waals surface area contributed by atoms with Crippen LogP contribution >= 0.6 is 0 Å². The van der Waals surface area contributed by atoms with Crippen molar-refractivity contribution in [3.05, 3.63) is 41.5 Å². The van der Waals surface area contributed by atoms with Gasteiger partial charge in [0.1, 0.15) is 0 Å². The molecule has 2 bridgehead atoms. The summed E-state index contributed by atoms with van der Waals surface area (Å²) in [5.74, 6) is -2.62. The quantitative estimate of drug-likeness (QED) is 0.715. The van der Waals surface area contributed by atoms with Crippen molar-refractivity contribution >= 4 is 23.5 Å². The largest absolute Gasteiger partial charge is 0.481 e. The van der Waals surface area contributed by atoms with Crippen LogP contribution < -0.4 is 10.6 Å². The minimum atomic E-state index is -0.916. The monoisotopic (exact) mass is 342 g/mol. The van der Waals surface area contributed by atoms with Gasteiger partial charge in [-0.25, -0.2) is 0 Å². The Hall–Kier alpha value is -2.63. The summed E-state index contributed by atoms with van der Waals surface area (Å²) >= 11 is 0. The summed E-state index contributed by atoms with van der Waals surface area (Å²) in [6.07, 6.45) is 4.60. The molecule has 132 valence electrons. The van der Waals surface area contributed by atoms with Crippen LogP contribution in [0, 0.1) is 30.6 Å². The van der Waals surface area contributed by atoms with Crippen LogP contribution in [0.15, 0.2) is 30.4 Å². The zero-order chi connectivity index (χ0) is 18.1. The van der Waals surface area contributed by atoms with E-state index >= 15 is 0 Å². The van der Waals surface area contributed by atoms with Crippen molar-refractivity contribution in [3.63, 3.8) is 0 Å². The molecule has 1 saturated carbocycles. The molecule has 2 aliphatic carbocycles. The van der Waals surface area contributed by atoms with Gasteiger partial charge in [-0.05, 0) is 55.9 Å². The first kappa shape index (κ1) is 17.2. The Balaban J connectivity index is 1.76. The Morgan fingerprint density at radius 2 is 1.84 bits per heavy atom. The molecule has 3 rings (SSSR count). The number of fused-ring (bicyclic) bond motifs is 2. The molecule has 1 aromatic rings. The van der Waals surface area contributed by atoms with Crippen molar-refractivity contribution in [3.8, 4) is 0 Å². The van der Waals surface area contributed by atoms with Crippen LogP contribution in [0.4, 0.5) is 5.69 Å². The van der Waals surface area contributed by atoms with E-state index in [0.29, 0.717) is 17.8 Å². The van der Waals surface area contributed by atoms with Gasteiger partial charge in [-0.15, -0.1) is 0 Å². The van der Waals surface area contributed by atoms with Crippen LogP contribution in [-0.4, -0.2) is 29.4 Å². The molecule has 0 aromatic heterocycles. The molecule has 0 spiro atoms. The molecule has 3 N–H and O–H groups in total. The fourth-order valence-corrected chi connectivity index (χ4v) is 3.94. The predicted molar refractivity (Wildman–Crippen MR) is 93.2 cm³/mol. The van der Waals surface area contributed by atoms with Gasteiger partial charge in [0.2, 0.25) is 5.91 Å². The van der Waals surface area contributed by atoms with Gasteiger partial charge in [-0.3, -0.25) is 14.4 Å². The molecule has 0 radical (unpaired) electrons. The second-order valence-electron chi connectivity index (χ2n) is 6.72. The molecule has 2 aliphatic rings. The smallest absolute Gasteiger partial charge is 0.307 e. The van der Waals surface area contributed by atoms with E-state index in [2.05, 4.69) is 10.6 Å². The summed E-state index contributed by atoms with van der Waals surface area (Å²) < 4.78 is 0. The van der Waals surface area contributed by atoms with Crippen LogP contribution in [0.1, 0.15) is 29.3 Å². The van der Waals surface area contributed by atoms with Crippen molar-refractivity contribution in [1.29, 1.82) is 0 Å². The first-order valence-corrected chi connectivity index (χ1v) is 8.53. The van der Waals surface area contributed by atoms with Crippen LogP contribution in [0.25, 0.3) is 0 Å². The Bertz CT molecular complexity index is 756. The maximum absolute atomic E-state index is 12.7. The van der Waals surface area contributed by atoms with Crippen LogP contribution in [0.5, 0.6) is 0 Å². The first-order valence-electron chi connectivity index (χ1n) is 8.53. The average Bonchev–Trinajstić information content (AvgIpc) is 3.17. The summed E-state index contributed by atoms with van der Waals surface area (Å²) in [6, 6.07) is 5.07. The summed E-state index contributed by atoms with van der Waals surface area (Å²) in [6.45, 7) is 4.21. The van der Waals surface area contributed by atoms with Crippen LogP contribution in [0.3, 0.4) is 0 Å². The number of carbonyl (C=O) groups excluding carboxylic acids is 2. The lowest BCUT2D eigenvalue weighted by Crippen LogP contribution is -2.36. The maximum Gasteiger partial charge on any atom is 0.307 e. The predicted octanol–water partition coefficient (Wildman–Crippen LogP) is 2.21. The number of carboxylic acid groups (broad SMARTS) is 1. The Labute approximate surface area is 146 Å². The number of carboxylic acids is 1. The number of nitrogens with one attached hydrogen (secondary N) is 2. The van der Waals surface area contributed by atoms with Crippen LogP contribution in [-0.2, 0) is 9.59 Å². The molecule has 25 heavy (non-hydrogen) atoms. The topological polar surface area (TPSA) is 95.5 Å². The molecule has 0 aliphatic heterocycles. The molecule has 0 saturated heterocycles. The third-order valence-electron chi connectivity index (χ3n) is 5.13. The highest BCUT2D eigenvalue weighted by molar-refractivity contribution is 5.98. The lowest BCUT2D eigenvalue weighted by Gasteiger charge is -2.24. The van der Waals surface area contributed by atoms with Gasteiger partial charge in [-0.2, -0.15) is 0 Å². The third-order valence-corrected chi connectivity index (χ3v) is 5.13. The average molecular weight is 342 g/mol. The Morgan fingerprint density at radius 1 is 1.16 bits per heavy atom. The number of benzene rings is 1. The van der Waals surface area contributed by atoms with Gasteiger partial charge in [-0.1, -0.05) is 12.2 Å². The number of rotatable bonds is 5. The number of anilines is 1. The Morgan fingerprint density at radius 3 is 2.44 bits per heavy atom. The molecule has 6 heteroatoms. The molecule has 1 fully saturated rings. The molecular weight excluding hydrogens is 320 g/mol. The fourth-order valence-electron chi connectivity index (χ4n) is 3.94. The second kappa shape index (κ2) is 6.70. The van der Waals surface area contributed by atoms with E-state index in [1.54, 1.807) is 18.2 Å². The number of aryl methyl sites for hydroxylation is 1. The van der Waals surface area contributed by atoms with Crippen LogP contribution in [0.2, 0.25) is 0 Å². The van der Waals surface area contributed by atoms with Crippen molar-refractivity contribution < 1.29 is 19.5 Å². The van der Waals surface area contributed by atoms with Crippen molar-refractivity contribution in [2.75, 3.05) is 11.9 Å². The number of amides is 2. The van der Waals surface area contributed by atoms with Gasteiger partial charge >= 0.3 is 5.97 Å². The van der Waals surface area contributed by atoms with Crippen molar-refractivity contribution in [2.45, 2.75) is 20.3 Å². The van der Waals surface area contributed by atoms with Gasteiger partial charge < -0.3 is 15.7 Å². The molecule has 0 heterocycles. The molecule has 1 aromatic carbocycles. The lowest BCUT2D eigenvalue weighted by atomic mass is 9.82. The highest BCUT2D eigenvalue weighted by Gasteiger charge is 2.51. The first-order chi connectivity index (χ1) is 11.9. The zero-order valence-corrected chi connectivity index (χ0v) is 14.3. The standard InChI is InChI=1S/C19H22N2O4/c1-3-20-17(22)13-6-7-14(10(2)8-13)21-18(23)15-11-4-5-12(9-11)16(15)19(24)25/h4-8,11-12,15-16H,3,9H2,1-2H3,(H,20,22)(H,21,23)(H,24,25)/t11-,12-,15+,16+/m0/s1. The summed E-state index contributed by atoms with van der Waals surface area (Å²) in [5.41, 5.74) is 1.90. The summed E-state index contributed by atoms with van der Waals surface area (Å²) in [4.78, 5) is 36.1. The SMILES string of the molecule is CCNC(=O)c1ccc(NC(=O)[C@H]2[C@H](C(=O)O)[C@H]3C=C[C@H]2C3)c(C)c1. The molecular formula is C19H22N2O4. The normalized spacial score (nSPS) is 26.5. The van der Waals surface area contributed by atoms with Crippen molar-refractivity contribution in [2.24, 2.45) is 23.7 Å². The number of carbonyl (C=O) groups is 3. The number of hydrogen-bond acceptors (Lipinski definition) is 3. The van der Waals surface area contributed by atoms with Gasteiger partial charge in [0.15, 0.2) is 0 Å². The Kier molecular flexibility index (Phi) is 4.61. The highest BCUT2D eigenvalue weighted by atomic mass is 16.4. The van der Waals surface area contributed by atoms with E-state index in [9.17, 15) is 19.5 Å². The molecule has 2 amide bonds. The summed E-state index contributed by atoms with van der Waals surface area (Å²) in [5, 5.41) is 15.0. The van der Waals surface area contributed by atoms with E-state index in [4.69, 9.17) is 0 Å². The van der Waals surface area contributed by atoms with E-state index in [0.717, 1.165) is 12.0 Å².